The molecule has 0 aliphatic heterocycles. The number of esters is 1. The third-order valence-corrected chi connectivity index (χ3v) is 2.58. The molecule has 0 radical (unpaired) electrons. The molecule has 0 spiro atoms. The van der Waals surface area contributed by atoms with Gasteiger partial charge in [0, 0.05) is 6.42 Å². The van der Waals surface area contributed by atoms with Crippen molar-refractivity contribution in [2.75, 3.05) is 7.11 Å². The maximum Gasteiger partial charge on any atom is 0.313 e. The molecule has 0 heterocycles. The van der Waals surface area contributed by atoms with Crippen LogP contribution in [0.4, 0.5) is 0 Å². The first-order valence-electron chi connectivity index (χ1n) is 6.33. The molecule has 0 saturated carbocycles. The first-order chi connectivity index (χ1) is 8.45. The Morgan fingerprint density at radius 1 is 1.00 bits per heavy atom. The van der Waals surface area contributed by atoms with Crippen LogP contribution in [0, 0.1) is 0 Å². The number of ketones is 1. The molecule has 0 aliphatic rings. The zero-order valence-corrected chi connectivity index (χ0v) is 11.9. The van der Waals surface area contributed by atoms with Gasteiger partial charge in [-0.05, 0) is 40.0 Å². The SMILES string of the molecule is COC(=O)CC(=O)CCC=C(C)CCC=C(C)C. The van der Waals surface area contributed by atoms with Crippen LogP contribution in [0.3, 0.4) is 0 Å². The lowest BCUT2D eigenvalue weighted by Gasteiger charge is -2.00. The highest BCUT2D eigenvalue weighted by atomic mass is 16.5. The first-order valence-corrected chi connectivity index (χ1v) is 6.33. The number of allylic oxidation sites excluding steroid dienone is 4. The van der Waals surface area contributed by atoms with Gasteiger partial charge in [0.05, 0.1) is 7.11 Å². The lowest BCUT2D eigenvalue weighted by Crippen LogP contribution is -2.08. The molecule has 0 aliphatic carbocycles. The van der Waals surface area contributed by atoms with E-state index in [1.807, 2.05) is 0 Å². The minimum Gasteiger partial charge on any atom is -0.469 e. The molecule has 0 fully saturated rings. The average Bonchev–Trinajstić information content (AvgIpc) is 2.28. The van der Waals surface area contributed by atoms with E-state index in [2.05, 4.69) is 37.7 Å². The highest BCUT2D eigenvalue weighted by molar-refractivity contribution is 5.95. The molecule has 0 unspecified atom stereocenters. The van der Waals surface area contributed by atoms with E-state index in [4.69, 9.17) is 0 Å². The number of hydrogen-bond acceptors (Lipinski definition) is 3. The Hall–Kier alpha value is -1.38. The van der Waals surface area contributed by atoms with Crippen molar-refractivity contribution in [3.8, 4) is 0 Å². The van der Waals surface area contributed by atoms with Crippen molar-refractivity contribution in [3.63, 3.8) is 0 Å². The zero-order chi connectivity index (χ0) is 14.0. The van der Waals surface area contributed by atoms with Crippen molar-refractivity contribution >= 4 is 11.8 Å². The molecule has 18 heavy (non-hydrogen) atoms. The Bertz CT molecular complexity index is 334. The van der Waals surface area contributed by atoms with Crippen LogP contribution in [0.5, 0.6) is 0 Å². The van der Waals surface area contributed by atoms with Gasteiger partial charge in [-0.3, -0.25) is 9.59 Å². The molecule has 3 nitrogen and oxygen atoms in total. The number of hydrogen-bond donors (Lipinski definition) is 0. The van der Waals surface area contributed by atoms with E-state index in [0.29, 0.717) is 12.8 Å². The summed E-state index contributed by atoms with van der Waals surface area (Å²) >= 11 is 0. The second-order valence-corrected chi connectivity index (χ2v) is 4.70. The van der Waals surface area contributed by atoms with Crippen LogP contribution >= 0.6 is 0 Å². The van der Waals surface area contributed by atoms with Gasteiger partial charge in [0.15, 0.2) is 0 Å². The monoisotopic (exact) mass is 252 g/mol. The van der Waals surface area contributed by atoms with Gasteiger partial charge in [-0.1, -0.05) is 23.3 Å². The predicted octanol–water partition coefficient (Wildman–Crippen LogP) is 3.59. The van der Waals surface area contributed by atoms with E-state index < -0.39 is 5.97 Å². The van der Waals surface area contributed by atoms with Crippen molar-refractivity contribution in [1.82, 2.24) is 0 Å². The Labute approximate surface area is 110 Å². The minimum atomic E-state index is -0.454. The second kappa shape index (κ2) is 9.63. The van der Waals surface area contributed by atoms with Gasteiger partial charge in [-0.25, -0.2) is 0 Å². The summed E-state index contributed by atoms with van der Waals surface area (Å²) < 4.78 is 4.44. The molecule has 102 valence electrons. The molecule has 0 aromatic heterocycles. The fourth-order valence-electron chi connectivity index (χ4n) is 1.49. The lowest BCUT2D eigenvalue weighted by atomic mass is 10.1. The largest absolute Gasteiger partial charge is 0.469 e. The first kappa shape index (κ1) is 16.6. The van der Waals surface area contributed by atoms with E-state index in [9.17, 15) is 9.59 Å². The highest BCUT2D eigenvalue weighted by Gasteiger charge is 2.07. The fraction of sp³-hybridized carbons (Fsp3) is 0.600. The van der Waals surface area contributed by atoms with Gasteiger partial charge in [0.2, 0.25) is 0 Å². The van der Waals surface area contributed by atoms with Gasteiger partial charge >= 0.3 is 5.97 Å². The van der Waals surface area contributed by atoms with Gasteiger partial charge in [-0.2, -0.15) is 0 Å². The van der Waals surface area contributed by atoms with Crippen molar-refractivity contribution in [2.45, 2.75) is 52.9 Å². The summed E-state index contributed by atoms with van der Waals surface area (Å²) in [6.45, 7) is 6.25. The summed E-state index contributed by atoms with van der Waals surface area (Å²) in [6.07, 6.45) is 7.36. The summed E-state index contributed by atoms with van der Waals surface area (Å²) in [5, 5.41) is 0. The van der Waals surface area contributed by atoms with Crippen LogP contribution in [0.15, 0.2) is 23.3 Å². The molecule has 0 aromatic rings. The third-order valence-electron chi connectivity index (χ3n) is 2.58. The van der Waals surface area contributed by atoms with E-state index in [-0.39, 0.29) is 12.2 Å². The molecular weight excluding hydrogens is 228 g/mol. The van der Waals surface area contributed by atoms with Crippen LogP contribution in [0.2, 0.25) is 0 Å². The van der Waals surface area contributed by atoms with Crippen molar-refractivity contribution in [1.29, 1.82) is 0 Å². The Kier molecular flexibility index (Phi) is 8.89. The van der Waals surface area contributed by atoms with E-state index in [1.165, 1.54) is 18.3 Å². The maximum absolute atomic E-state index is 11.4. The van der Waals surface area contributed by atoms with Crippen molar-refractivity contribution in [2.24, 2.45) is 0 Å². The van der Waals surface area contributed by atoms with Crippen molar-refractivity contribution < 1.29 is 14.3 Å². The molecule has 0 saturated heterocycles. The number of carbonyl (C=O) groups excluding carboxylic acids is 2. The smallest absolute Gasteiger partial charge is 0.313 e. The summed E-state index contributed by atoms with van der Waals surface area (Å²) in [7, 11) is 1.29. The third kappa shape index (κ3) is 9.82. The molecule has 0 atom stereocenters. The number of ether oxygens (including phenoxy) is 1. The maximum atomic E-state index is 11.4. The molecule has 0 aromatic carbocycles. The molecule has 3 heteroatoms. The number of Topliss-reactive ketones (excluding diaryl/α,β-unsaturated/α-hetero) is 1. The van der Waals surface area contributed by atoms with E-state index in [0.717, 1.165) is 12.8 Å². The quantitative estimate of drug-likeness (QED) is 0.376. The van der Waals surface area contributed by atoms with Crippen LogP contribution in [0.1, 0.15) is 52.9 Å². The molecule has 0 amide bonds. The van der Waals surface area contributed by atoms with E-state index >= 15 is 0 Å². The summed E-state index contributed by atoms with van der Waals surface area (Å²) in [6, 6.07) is 0. The minimum absolute atomic E-state index is 0.0600. The normalized spacial score (nSPS) is 11.0. The summed E-state index contributed by atoms with van der Waals surface area (Å²) in [5.74, 6) is -0.514. The summed E-state index contributed by atoms with van der Waals surface area (Å²) in [5.41, 5.74) is 2.62. The molecule has 0 rings (SSSR count). The number of methoxy groups -OCH3 is 1. The molecule has 0 bridgehead atoms. The van der Waals surface area contributed by atoms with Gasteiger partial charge in [0.1, 0.15) is 12.2 Å². The topological polar surface area (TPSA) is 43.4 Å². The zero-order valence-electron chi connectivity index (χ0n) is 11.9. The molecular formula is C15H24O3. The Morgan fingerprint density at radius 3 is 2.17 bits per heavy atom. The van der Waals surface area contributed by atoms with Crippen LogP contribution < -0.4 is 0 Å². The second-order valence-electron chi connectivity index (χ2n) is 4.70. The van der Waals surface area contributed by atoms with Crippen LogP contribution in [-0.2, 0) is 14.3 Å². The Morgan fingerprint density at radius 2 is 1.61 bits per heavy atom. The predicted molar refractivity (Wildman–Crippen MR) is 73.3 cm³/mol. The van der Waals surface area contributed by atoms with Gasteiger partial charge < -0.3 is 4.74 Å². The van der Waals surface area contributed by atoms with Crippen LogP contribution in [0.25, 0.3) is 0 Å². The Balaban J connectivity index is 3.83. The fourth-order valence-corrected chi connectivity index (χ4v) is 1.49. The summed E-state index contributed by atoms with van der Waals surface area (Å²) in [4.78, 5) is 22.2. The number of rotatable bonds is 8. The lowest BCUT2D eigenvalue weighted by molar-refractivity contribution is -0.143. The van der Waals surface area contributed by atoms with E-state index in [1.54, 1.807) is 0 Å². The van der Waals surface area contributed by atoms with Crippen molar-refractivity contribution in [3.05, 3.63) is 23.3 Å². The average molecular weight is 252 g/mol. The van der Waals surface area contributed by atoms with Crippen LogP contribution in [-0.4, -0.2) is 18.9 Å². The highest BCUT2D eigenvalue weighted by Crippen LogP contribution is 2.09. The van der Waals surface area contributed by atoms with Gasteiger partial charge in [0.25, 0.3) is 0 Å². The molecule has 0 N–H and O–H groups in total. The standard InChI is InChI=1S/C15H24O3/c1-12(2)7-5-8-13(3)9-6-10-14(16)11-15(17)18-4/h7,9H,5-6,8,10-11H2,1-4H3. The number of carbonyl (C=O) groups is 2. The van der Waals surface area contributed by atoms with Gasteiger partial charge in [-0.15, -0.1) is 0 Å².